The van der Waals surface area contributed by atoms with Crippen LogP contribution in [0.1, 0.15) is 29.8 Å². The fraction of sp³-hybridized carbons (Fsp3) is 0.217. The van der Waals surface area contributed by atoms with E-state index in [1.807, 2.05) is 24.3 Å². The van der Waals surface area contributed by atoms with Gasteiger partial charge in [0.1, 0.15) is 5.82 Å². The summed E-state index contributed by atoms with van der Waals surface area (Å²) in [6, 6.07) is 21.8. The summed E-state index contributed by atoms with van der Waals surface area (Å²) in [7, 11) is 0. The summed E-state index contributed by atoms with van der Waals surface area (Å²) < 4.78 is 15.4. The van der Waals surface area contributed by atoms with E-state index in [0.29, 0.717) is 6.04 Å². The molecule has 0 aliphatic rings. The third-order valence-electron chi connectivity index (χ3n) is 4.75. The summed E-state index contributed by atoms with van der Waals surface area (Å²) in [6.45, 7) is 8.54. The number of halogens is 1. The Labute approximate surface area is 155 Å². The van der Waals surface area contributed by atoms with Crippen molar-refractivity contribution < 1.29 is 4.39 Å². The predicted molar refractivity (Wildman–Crippen MR) is 105 cm³/mol. The lowest BCUT2D eigenvalue weighted by molar-refractivity contribution is 0.220. The topological polar surface area (TPSA) is 8.17 Å². The summed E-state index contributed by atoms with van der Waals surface area (Å²) in [6.07, 6.45) is 4.03. The van der Waals surface area contributed by atoms with Crippen molar-refractivity contribution in [1.82, 2.24) is 9.47 Å². The van der Waals surface area contributed by atoms with Gasteiger partial charge in [-0.3, -0.25) is 4.90 Å². The molecule has 2 nitrogen and oxygen atoms in total. The molecule has 0 unspecified atom stereocenters. The van der Waals surface area contributed by atoms with Crippen molar-refractivity contribution in [3.63, 3.8) is 0 Å². The van der Waals surface area contributed by atoms with Crippen LogP contribution >= 0.6 is 0 Å². The summed E-state index contributed by atoms with van der Waals surface area (Å²) >= 11 is 0. The molecule has 0 fully saturated rings. The first-order valence-corrected chi connectivity index (χ1v) is 8.95. The Bertz CT molecular complexity index is 821. The Morgan fingerprint density at radius 2 is 1.77 bits per heavy atom. The second-order valence-corrected chi connectivity index (χ2v) is 6.56. The van der Waals surface area contributed by atoms with E-state index in [2.05, 4.69) is 65.6 Å². The van der Waals surface area contributed by atoms with Gasteiger partial charge in [-0.25, -0.2) is 4.39 Å². The molecule has 0 spiro atoms. The van der Waals surface area contributed by atoms with Crippen LogP contribution in [0.5, 0.6) is 0 Å². The molecule has 0 saturated heterocycles. The first-order chi connectivity index (χ1) is 12.7. The molecule has 0 N–H and O–H groups in total. The van der Waals surface area contributed by atoms with E-state index in [0.717, 1.165) is 25.2 Å². The van der Waals surface area contributed by atoms with Gasteiger partial charge in [-0.15, -0.1) is 6.58 Å². The van der Waals surface area contributed by atoms with E-state index in [9.17, 15) is 4.39 Å². The van der Waals surface area contributed by atoms with Crippen LogP contribution in [0.15, 0.2) is 85.6 Å². The van der Waals surface area contributed by atoms with Gasteiger partial charge in [0, 0.05) is 37.6 Å². The van der Waals surface area contributed by atoms with Crippen molar-refractivity contribution in [2.45, 2.75) is 26.1 Å². The van der Waals surface area contributed by atoms with Gasteiger partial charge in [-0.2, -0.15) is 0 Å². The molecule has 2 aromatic carbocycles. The third kappa shape index (κ3) is 4.50. The number of benzene rings is 2. The first kappa shape index (κ1) is 18.2. The van der Waals surface area contributed by atoms with E-state index >= 15 is 0 Å². The minimum absolute atomic E-state index is 0.199. The maximum absolute atomic E-state index is 13.1. The van der Waals surface area contributed by atoms with Crippen LogP contribution in [0.25, 0.3) is 0 Å². The first-order valence-electron chi connectivity index (χ1n) is 8.95. The fourth-order valence-corrected chi connectivity index (χ4v) is 3.21. The monoisotopic (exact) mass is 348 g/mol. The predicted octanol–water partition coefficient (Wildman–Crippen LogP) is 5.42. The van der Waals surface area contributed by atoms with Gasteiger partial charge in [0.05, 0.1) is 0 Å². The van der Waals surface area contributed by atoms with E-state index in [4.69, 9.17) is 0 Å². The summed E-state index contributed by atoms with van der Waals surface area (Å²) in [5.41, 5.74) is 3.63. The molecule has 134 valence electrons. The highest BCUT2D eigenvalue weighted by Gasteiger charge is 2.16. The van der Waals surface area contributed by atoms with Crippen molar-refractivity contribution >= 4 is 0 Å². The number of aromatic nitrogens is 1. The van der Waals surface area contributed by atoms with Crippen molar-refractivity contribution in [3.05, 3.63) is 108 Å². The van der Waals surface area contributed by atoms with E-state index < -0.39 is 0 Å². The van der Waals surface area contributed by atoms with Crippen LogP contribution in [0, 0.1) is 5.82 Å². The van der Waals surface area contributed by atoms with Gasteiger partial charge in [0.25, 0.3) is 0 Å². The molecule has 0 aliphatic heterocycles. The van der Waals surface area contributed by atoms with E-state index in [-0.39, 0.29) is 5.82 Å². The molecule has 0 amide bonds. The number of rotatable bonds is 8. The van der Waals surface area contributed by atoms with Crippen molar-refractivity contribution in [1.29, 1.82) is 0 Å². The lowest BCUT2D eigenvalue weighted by atomic mass is 10.1. The van der Waals surface area contributed by atoms with Gasteiger partial charge in [-0.1, -0.05) is 48.5 Å². The number of hydrogen-bond acceptors (Lipinski definition) is 1. The third-order valence-corrected chi connectivity index (χ3v) is 4.75. The zero-order valence-corrected chi connectivity index (χ0v) is 15.2. The van der Waals surface area contributed by atoms with E-state index in [1.54, 1.807) is 0 Å². The van der Waals surface area contributed by atoms with Crippen LogP contribution in [-0.4, -0.2) is 16.0 Å². The summed E-state index contributed by atoms with van der Waals surface area (Å²) in [5, 5.41) is 0. The van der Waals surface area contributed by atoms with Gasteiger partial charge < -0.3 is 4.57 Å². The molecular weight excluding hydrogens is 323 g/mol. The summed E-state index contributed by atoms with van der Waals surface area (Å²) in [4.78, 5) is 2.40. The molecule has 1 atom stereocenters. The van der Waals surface area contributed by atoms with Crippen molar-refractivity contribution in [2.24, 2.45) is 0 Å². The molecule has 0 bridgehead atoms. The maximum Gasteiger partial charge on any atom is 0.123 e. The molecular formula is C23H25FN2. The minimum Gasteiger partial charge on any atom is -0.346 e. The van der Waals surface area contributed by atoms with Crippen LogP contribution in [0.3, 0.4) is 0 Å². The molecule has 26 heavy (non-hydrogen) atoms. The summed E-state index contributed by atoms with van der Waals surface area (Å²) in [5.74, 6) is -0.199. The minimum atomic E-state index is -0.199. The number of nitrogens with zero attached hydrogens (tertiary/aromatic N) is 2. The van der Waals surface area contributed by atoms with E-state index in [1.165, 1.54) is 23.4 Å². The molecule has 0 saturated carbocycles. The van der Waals surface area contributed by atoms with Crippen LogP contribution in [-0.2, 0) is 13.1 Å². The van der Waals surface area contributed by atoms with Gasteiger partial charge >= 0.3 is 0 Å². The van der Waals surface area contributed by atoms with Crippen molar-refractivity contribution in [2.75, 3.05) is 6.54 Å². The Balaban J connectivity index is 1.76. The molecule has 1 heterocycles. The molecule has 3 heteroatoms. The Kier molecular flexibility index (Phi) is 6.03. The standard InChI is InChI=1S/C23H25FN2/c1-3-15-25(19(2)21-8-5-4-6-9-21)18-23-10-7-16-26(23)17-20-11-13-22(24)14-12-20/h3-14,16,19H,1,15,17-18H2,2H3/t19-/m1/s1. The SMILES string of the molecule is C=CCN(Cc1cccn1Cc1ccc(F)cc1)[C@H](C)c1ccccc1. The Hall–Kier alpha value is -2.65. The van der Waals surface area contributed by atoms with Crippen LogP contribution in [0.2, 0.25) is 0 Å². The maximum atomic E-state index is 13.1. The van der Waals surface area contributed by atoms with Crippen LogP contribution < -0.4 is 0 Å². The highest BCUT2D eigenvalue weighted by molar-refractivity contribution is 5.21. The zero-order chi connectivity index (χ0) is 18.4. The van der Waals surface area contributed by atoms with Crippen LogP contribution in [0.4, 0.5) is 4.39 Å². The van der Waals surface area contributed by atoms with Gasteiger partial charge in [-0.05, 0) is 42.3 Å². The van der Waals surface area contributed by atoms with Gasteiger partial charge in [0.15, 0.2) is 0 Å². The second-order valence-electron chi connectivity index (χ2n) is 6.56. The average molecular weight is 348 g/mol. The second kappa shape index (κ2) is 8.63. The molecule has 1 aromatic heterocycles. The molecule has 3 aromatic rings. The van der Waals surface area contributed by atoms with Gasteiger partial charge in [0.2, 0.25) is 0 Å². The number of hydrogen-bond donors (Lipinski definition) is 0. The Morgan fingerprint density at radius 1 is 1.04 bits per heavy atom. The fourth-order valence-electron chi connectivity index (χ4n) is 3.21. The lowest BCUT2D eigenvalue weighted by Crippen LogP contribution is -2.28. The Morgan fingerprint density at radius 3 is 2.46 bits per heavy atom. The largest absolute Gasteiger partial charge is 0.346 e. The highest BCUT2D eigenvalue weighted by Crippen LogP contribution is 2.22. The van der Waals surface area contributed by atoms with Crippen molar-refractivity contribution in [3.8, 4) is 0 Å². The normalized spacial score (nSPS) is 12.3. The molecule has 3 rings (SSSR count). The lowest BCUT2D eigenvalue weighted by Gasteiger charge is -2.29. The smallest absolute Gasteiger partial charge is 0.123 e. The quantitative estimate of drug-likeness (QED) is 0.493. The highest BCUT2D eigenvalue weighted by atomic mass is 19.1. The average Bonchev–Trinajstić information content (AvgIpc) is 3.10. The molecule has 0 radical (unpaired) electrons. The molecule has 0 aliphatic carbocycles. The zero-order valence-electron chi connectivity index (χ0n) is 15.2.